The van der Waals surface area contributed by atoms with E-state index in [-0.39, 0.29) is 24.1 Å². The summed E-state index contributed by atoms with van der Waals surface area (Å²) >= 11 is 0. The molecule has 0 saturated carbocycles. The molecule has 0 atom stereocenters. The summed E-state index contributed by atoms with van der Waals surface area (Å²) in [6.45, 7) is 0.758. The molecule has 5 amide bonds. The van der Waals surface area contributed by atoms with Crippen LogP contribution in [0.3, 0.4) is 0 Å². The second kappa shape index (κ2) is 11.5. The first kappa shape index (κ1) is 29.6. The van der Waals surface area contributed by atoms with Crippen molar-refractivity contribution < 1.29 is 28.0 Å². The molecule has 0 unspecified atom stereocenters. The lowest BCUT2D eigenvalue weighted by Gasteiger charge is -2.35. The molecule has 14 heteroatoms. The quantitative estimate of drug-likeness (QED) is 0.268. The van der Waals surface area contributed by atoms with Gasteiger partial charge in [-0.25, -0.2) is 14.8 Å². The number of alkyl halides is 2. The molecular formula is C34H28F2N8O4. The van der Waals surface area contributed by atoms with Crippen LogP contribution in [-0.4, -0.2) is 85.9 Å². The van der Waals surface area contributed by atoms with Gasteiger partial charge in [0.15, 0.2) is 0 Å². The van der Waals surface area contributed by atoms with Gasteiger partial charge in [0.2, 0.25) is 5.91 Å². The molecule has 3 aromatic heterocycles. The van der Waals surface area contributed by atoms with Crippen molar-refractivity contribution in [3.8, 4) is 11.1 Å². The number of piperazine rings is 1. The largest absolute Gasteiger partial charge is 0.354 e. The smallest absolute Gasteiger partial charge is 0.343 e. The summed E-state index contributed by atoms with van der Waals surface area (Å²) in [5, 5.41) is 5.34. The summed E-state index contributed by atoms with van der Waals surface area (Å²) in [6.07, 6.45) is 4.89. The molecule has 242 valence electrons. The Morgan fingerprint density at radius 2 is 1.56 bits per heavy atom. The molecule has 3 aliphatic rings. The van der Waals surface area contributed by atoms with Crippen LogP contribution >= 0.6 is 0 Å². The third-order valence-electron chi connectivity index (χ3n) is 9.19. The van der Waals surface area contributed by atoms with Crippen LogP contribution in [0.2, 0.25) is 0 Å². The van der Waals surface area contributed by atoms with E-state index in [1.165, 1.54) is 6.20 Å². The van der Waals surface area contributed by atoms with Gasteiger partial charge in [-0.2, -0.15) is 13.8 Å². The third-order valence-corrected chi connectivity index (χ3v) is 9.19. The number of pyridine rings is 2. The van der Waals surface area contributed by atoms with Crippen molar-refractivity contribution in [1.82, 2.24) is 34.8 Å². The van der Waals surface area contributed by atoms with Crippen molar-refractivity contribution in [3.05, 3.63) is 89.9 Å². The van der Waals surface area contributed by atoms with Crippen LogP contribution in [0.15, 0.2) is 73.2 Å². The van der Waals surface area contributed by atoms with E-state index in [0.29, 0.717) is 23.0 Å². The number of benzene rings is 2. The number of fused-ring (bicyclic) bond motifs is 4. The minimum absolute atomic E-state index is 0.000991. The number of hydrazine groups is 1. The maximum Gasteiger partial charge on any atom is 0.343 e. The van der Waals surface area contributed by atoms with Crippen LogP contribution in [0, 0.1) is 0 Å². The molecule has 0 radical (unpaired) electrons. The van der Waals surface area contributed by atoms with Gasteiger partial charge in [0.1, 0.15) is 5.82 Å². The van der Waals surface area contributed by atoms with Gasteiger partial charge in [-0.05, 0) is 47.5 Å². The van der Waals surface area contributed by atoms with Crippen LogP contribution < -0.4 is 10.2 Å². The van der Waals surface area contributed by atoms with Crippen molar-refractivity contribution in [3.63, 3.8) is 0 Å². The normalized spacial score (nSPS) is 17.3. The molecule has 2 fully saturated rings. The van der Waals surface area contributed by atoms with Gasteiger partial charge in [0.25, 0.3) is 11.8 Å². The van der Waals surface area contributed by atoms with Gasteiger partial charge in [-0.3, -0.25) is 34.2 Å². The highest BCUT2D eigenvalue weighted by atomic mass is 19.3. The van der Waals surface area contributed by atoms with Gasteiger partial charge in [0.05, 0.1) is 28.7 Å². The number of nitrogens with one attached hydrogen (secondary N) is 1. The highest BCUT2D eigenvalue weighted by Crippen LogP contribution is 2.35. The first-order valence-electron chi connectivity index (χ1n) is 15.5. The number of anilines is 1. The van der Waals surface area contributed by atoms with Gasteiger partial charge < -0.3 is 4.90 Å². The number of amides is 5. The number of hydrogen-bond donors (Lipinski definition) is 1. The number of imide groups is 2. The Balaban J connectivity index is 0.924. The summed E-state index contributed by atoms with van der Waals surface area (Å²) in [5.41, 5.74) is 3.81. The van der Waals surface area contributed by atoms with E-state index in [1.54, 1.807) is 36.7 Å². The molecule has 8 rings (SSSR count). The summed E-state index contributed by atoms with van der Waals surface area (Å²) in [7, 11) is 0. The van der Waals surface area contributed by atoms with E-state index in [1.807, 2.05) is 30.3 Å². The number of rotatable bonds is 6. The van der Waals surface area contributed by atoms with Crippen LogP contribution in [0.25, 0.3) is 32.9 Å². The molecule has 48 heavy (non-hydrogen) atoms. The van der Waals surface area contributed by atoms with E-state index < -0.39 is 30.3 Å². The molecule has 5 aromatic rings. The van der Waals surface area contributed by atoms with E-state index in [2.05, 4.69) is 20.1 Å². The second-order valence-electron chi connectivity index (χ2n) is 12.0. The lowest BCUT2D eigenvalue weighted by atomic mass is 10.0. The Morgan fingerprint density at radius 1 is 0.771 bits per heavy atom. The molecule has 2 saturated heterocycles. The van der Waals surface area contributed by atoms with Gasteiger partial charge in [0, 0.05) is 74.1 Å². The Labute approximate surface area is 272 Å². The molecule has 3 aliphatic heterocycles. The van der Waals surface area contributed by atoms with Crippen molar-refractivity contribution in [2.75, 3.05) is 37.6 Å². The predicted octanol–water partition coefficient (Wildman–Crippen LogP) is 4.42. The standard InChI is InChI=1S/C34H28F2N8O4/c35-33(36)43-27-7-9-37-18-26(27)23-5-2-21(16-28(23)43)22-3-6-29(38-17-22)41-13-11-40(12-14-41)19-20-1-4-24-25(15-20)32(47)44(31(24)46)42-10-8-30(45)39-34(42)48/h1-7,9,15-18,33H,8,10-14,19H2,(H,39,45,48). The van der Waals surface area contributed by atoms with Gasteiger partial charge in [-0.15, -0.1) is 0 Å². The SMILES string of the molecule is O=C1CCN(N2C(=O)c3ccc(CN4CCN(c5ccc(-c6ccc7c8cnccc8n(C(F)F)c7c6)cn5)CC4)cc3C2=O)C(=O)N1. The van der Waals surface area contributed by atoms with E-state index in [9.17, 15) is 28.0 Å². The fourth-order valence-electron chi connectivity index (χ4n) is 6.76. The number of carbonyl (C=O) groups excluding carboxylic acids is 4. The Kier molecular flexibility index (Phi) is 7.09. The molecule has 6 heterocycles. The molecule has 12 nitrogen and oxygen atoms in total. The first-order chi connectivity index (χ1) is 23.3. The number of nitrogens with zero attached hydrogens (tertiary/aromatic N) is 7. The van der Waals surface area contributed by atoms with Crippen LogP contribution in [-0.2, 0) is 11.3 Å². The average molecular weight is 651 g/mol. The lowest BCUT2D eigenvalue weighted by Crippen LogP contribution is -2.58. The Hall–Kier alpha value is -5.76. The van der Waals surface area contributed by atoms with Crippen LogP contribution in [0.4, 0.5) is 19.4 Å². The molecule has 0 aliphatic carbocycles. The van der Waals surface area contributed by atoms with Crippen molar-refractivity contribution in [2.24, 2.45) is 0 Å². The van der Waals surface area contributed by atoms with E-state index in [4.69, 9.17) is 4.98 Å². The minimum atomic E-state index is -2.69. The summed E-state index contributed by atoms with van der Waals surface area (Å²) in [6, 6.07) is 15.3. The maximum absolute atomic E-state index is 14.1. The molecular weight excluding hydrogens is 622 g/mol. The van der Waals surface area contributed by atoms with E-state index in [0.717, 1.165) is 68.7 Å². The maximum atomic E-state index is 14.1. The molecule has 2 aromatic carbocycles. The van der Waals surface area contributed by atoms with Gasteiger partial charge >= 0.3 is 12.6 Å². The number of carbonyl (C=O) groups is 4. The fourth-order valence-corrected chi connectivity index (χ4v) is 6.76. The number of hydrogen-bond acceptors (Lipinski definition) is 8. The molecule has 0 spiro atoms. The van der Waals surface area contributed by atoms with Gasteiger partial charge in [-0.1, -0.05) is 18.2 Å². The molecule has 1 N–H and O–H groups in total. The highest BCUT2D eigenvalue weighted by Gasteiger charge is 2.43. The number of urea groups is 1. The summed E-state index contributed by atoms with van der Waals surface area (Å²) < 4.78 is 29.1. The Bertz CT molecular complexity index is 2140. The van der Waals surface area contributed by atoms with Crippen LogP contribution in [0.5, 0.6) is 0 Å². The zero-order valence-corrected chi connectivity index (χ0v) is 25.5. The third kappa shape index (κ3) is 4.92. The average Bonchev–Trinajstić information content (AvgIpc) is 3.55. The zero-order chi connectivity index (χ0) is 33.1. The van der Waals surface area contributed by atoms with Crippen molar-refractivity contribution in [1.29, 1.82) is 0 Å². The number of halogens is 2. The summed E-state index contributed by atoms with van der Waals surface area (Å²) in [4.78, 5) is 63.2. The zero-order valence-electron chi connectivity index (χ0n) is 25.5. The monoisotopic (exact) mass is 650 g/mol. The summed E-state index contributed by atoms with van der Waals surface area (Å²) in [5.74, 6) is -0.812. The van der Waals surface area contributed by atoms with Crippen molar-refractivity contribution >= 4 is 51.4 Å². The molecule has 0 bridgehead atoms. The minimum Gasteiger partial charge on any atom is -0.354 e. The van der Waals surface area contributed by atoms with E-state index >= 15 is 0 Å². The topological polar surface area (TPSA) is 124 Å². The first-order valence-corrected chi connectivity index (χ1v) is 15.5. The lowest BCUT2D eigenvalue weighted by molar-refractivity contribution is -0.122. The Morgan fingerprint density at radius 3 is 2.31 bits per heavy atom. The second-order valence-corrected chi connectivity index (χ2v) is 12.0. The number of aromatic nitrogens is 3. The predicted molar refractivity (Wildman–Crippen MR) is 171 cm³/mol. The van der Waals surface area contributed by atoms with Crippen LogP contribution in [0.1, 0.15) is 39.2 Å². The fraction of sp³-hybridized carbons (Fsp3) is 0.235. The van der Waals surface area contributed by atoms with Crippen molar-refractivity contribution in [2.45, 2.75) is 19.5 Å². The highest BCUT2D eigenvalue weighted by molar-refractivity contribution is 6.22.